The molecule has 1 atom stereocenters. The Bertz CT molecular complexity index is 861. The average molecular weight is 385 g/mol. The quantitative estimate of drug-likeness (QED) is 0.858. The van der Waals surface area contributed by atoms with Gasteiger partial charge in [-0.2, -0.15) is 0 Å². The number of nitrogens with zero attached hydrogens (tertiary/aromatic N) is 1. The molecule has 3 rings (SSSR count). The highest BCUT2D eigenvalue weighted by atomic mass is 35.5. The van der Waals surface area contributed by atoms with Crippen LogP contribution in [0.25, 0.3) is 0 Å². The van der Waals surface area contributed by atoms with E-state index in [9.17, 15) is 18.4 Å². The summed E-state index contributed by atoms with van der Waals surface area (Å²) in [7, 11) is 0. The van der Waals surface area contributed by atoms with E-state index in [1.807, 2.05) is 0 Å². The maximum Gasteiger partial charge on any atom is 0.229 e. The third-order valence-electron chi connectivity index (χ3n) is 3.90. The zero-order chi connectivity index (χ0) is 18.1. The van der Waals surface area contributed by atoms with Crippen molar-refractivity contribution in [3.05, 3.63) is 58.1 Å². The molecule has 130 valence electrons. The summed E-state index contributed by atoms with van der Waals surface area (Å²) < 4.78 is 26.6. The largest absolute Gasteiger partial charge is 0.323 e. The van der Waals surface area contributed by atoms with Crippen LogP contribution in [0.15, 0.2) is 36.4 Å². The fourth-order valence-electron chi connectivity index (χ4n) is 2.61. The second kappa shape index (κ2) is 6.98. The minimum Gasteiger partial charge on any atom is -0.323 e. The average Bonchev–Trinajstić information content (AvgIpc) is 2.95. The van der Waals surface area contributed by atoms with E-state index in [1.165, 1.54) is 4.90 Å². The van der Waals surface area contributed by atoms with Gasteiger partial charge in [0.1, 0.15) is 11.6 Å². The molecule has 1 unspecified atom stereocenters. The minimum absolute atomic E-state index is 0.0190. The van der Waals surface area contributed by atoms with Gasteiger partial charge in [0.25, 0.3) is 0 Å². The monoisotopic (exact) mass is 384 g/mol. The van der Waals surface area contributed by atoms with Gasteiger partial charge in [-0.25, -0.2) is 8.78 Å². The van der Waals surface area contributed by atoms with Gasteiger partial charge in [0.2, 0.25) is 11.8 Å². The third kappa shape index (κ3) is 3.75. The Morgan fingerprint density at radius 2 is 1.88 bits per heavy atom. The Labute approximate surface area is 152 Å². The Balaban J connectivity index is 1.73. The Kier molecular flexibility index (Phi) is 4.92. The molecule has 2 amide bonds. The smallest absolute Gasteiger partial charge is 0.229 e. The molecular weight excluding hydrogens is 373 g/mol. The summed E-state index contributed by atoms with van der Waals surface area (Å²) in [6, 6.07) is 7.59. The lowest BCUT2D eigenvalue weighted by Gasteiger charge is -2.17. The summed E-state index contributed by atoms with van der Waals surface area (Å²) in [5, 5.41) is 3.04. The number of hydrogen-bond acceptors (Lipinski definition) is 2. The molecular formula is C17H12Cl2F2N2O2. The summed E-state index contributed by atoms with van der Waals surface area (Å²) in [5.41, 5.74) is 0.398. The van der Waals surface area contributed by atoms with Crippen molar-refractivity contribution in [3.8, 4) is 0 Å². The van der Waals surface area contributed by atoms with Crippen molar-refractivity contribution >= 4 is 46.4 Å². The van der Waals surface area contributed by atoms with E-state index >= 15 is 0 Å². The molecule has 2 aromatic rings. The molecule has 1 aliphatic rings. The number of anilines is 2. The molecule has 1 heterocycles. The van der Waals surface area contributed by atoms with E-state index in [2.05, 4.69) is 5.32 Å². The first-order chi connectivity index (χ1) is 11.8. The number of amides is 2. The summed E-state index contributed by atoms with van der Waals surface area (Å²) in [5.74, 6) is -3.04. The number of halogens is 4. The predicted octanol–water partition coefficient (Wildman–Crippen LogP) is 4.26. The molecule has 0 spiro atoms. The lowest BCUT2D eigenvalue weighted by molar-refractivity contribution is -0.122. The first-order valence-corrected chi connectivity index (χ1v) is 8.12. The van der Waals surface area contributed by atoms with Gasteiger partial charge >= 0.3 is 0 Å². The van der Waals surface area contributed by atoms with Gasteiger partial charge in [0, 0.05) is 24.7 Å². The van der Waals surface area contributed by atoms with Gasteiger partial charge in [-0.1, -0.05) is 23.2 Å². The molecule has 8 heteroatoms. The van der Waals surface area contributed by atoms with Gasteiger partial charge in [-0.15, -0.1) is 0 Å². The molecule has 1 N–H and O–H groups in total. The summed E-state index contributed by atoms with van der Waals surface area (Å²) in [6.45, 7) is 0.130. The van der Waals surface area contributed by atoms with Crippen molar-refractivity contribution in [3.63, 3.8) is 0 Å². The number of rotatable bonds is 3. The molecule has 0 aromatic heterocycles. The molecule has 0 radical (unpaired) electrons. The van der Waals surface area contributed by atoms with Crippen LogP contribution >= 0.6 is 23.2 Å². The van der Waals surface area contributed by atoms with Crippen LogP contribution in [0.4, 0.5) is 20.2 Å². The van der Waals surface area contributed by atoms with Gasteiger partial charge in [0.15, 0.2) is 0 Å². The Hall–Kier alpha value is -2.18. The maximum absolute atomic E-state index is 13.6. The van der Waals surface area contributed by atoms with Gasteiger partial charge in [0.05, 0.1) is 21.7 Å². The van der Waals surface area contributed by atoms with Gasteiger partial charge in [-0.3, -0.25) is 9.59 Å². The molecule has 1 fully saturated rings. The first kappa shape index (κ1) is 17.6. The van der Waals surface area contributed by atoms with E-state index < -0.39 is 23.5 Å². The van der Waals surface area contributed by atoms with Crippen molar-refractivity contribution in [2.24, 2.45) is 5.92 Å². The molecule has 0 bridgehead atoms. The predicted molar refractivity (Wildman–Crippen MR) is 91.9 cm³/mol. The van der Waals surface area contributed by atoms with Crippen molar-refractivity contribution in [1.82, 2.24) is 0 Å². The molecule has 1 aliphatic heterocycles. The second-order valence-electron chi connectivity index (χ2n) is 5.62. The number of benzene rings is 2. The second-order valence-corrected chi connectivity index (χ2v) is 6.43. The highest BCUT2D eigenvalue weighted by molar-refractivity contribution is 6.42. The molecule has 0 aliphatic carbocycles. The fraction of sp³-hybridized carbons (Fsp3) is 0.176. The van der Waals surface area contributed by atoms with Crippen LogP contribution in [0.1, 0.15) is 6.42 Å². The van der Waals surface area contributed by atoms with Crippen LogP contribution in [0.3, 0.4) is 0 Å². The summed E-state index contributed by atoms with van der Waals surface area (Å²) >= 11 is 11.8. The van der Waals surface area contributed by atoms with E-state index in [4.69, 9.17) is 23.2 Å². The lowest BCUT2D eigenvalue weighted by Crippen LogP contribution is -2.28. The van der Waals surface area contributed by atoms with Crippen molar-refractivity contribution in [2.45, 2.75) is 6.42 Å². The van der Waals surface area contributed by atoms with E-state index in [0.717, 1.165) is 12.1 Å². The number of hydrogen-bond donors (Lipinski definition) is 1. The zero-order valence-electron chi connectivity index (χ0n) is 12.7. The molecule has 0 saturated carbocycles. The highest BCUT2D eigenvalue weighted by Gasteiger charge is 2.35. The van der Waals surface area contributed by atoms with Crippen molar-refractivity contribution in [1.29, 1.82) is 0 Å². The van der Waals surface area contributed by atoms with E-state index in [1.54, 1.807) is 18.2 Å². The first-order valence-electron chi connectivity index (χ1n) is 7.36. The zero-order valence-corrected chi connectivity index (χ0v) is 14.2. The Morgan fingerprint density at radius 1 is 1.12 bits per heavy atom. The van der Waals surface area contributed by atoms with Crippen LogP contribution in [-0.4, -0.2) is 18.4 Å². The third-order valence-corrected chi connectivity index (χ3v) is 4.64. The van der Waals surface area contributed by atoms with E-state index in [0.29, 0.717) is 21.8 Å². The van der Waals surface area contributed by atoms with Crippen LogP contribution in [0, 0.1) is 17.6 Å². The van der Waals surface area contributed by atoms with Crippen LogP contribution in [-0.2, 0) is 9.59 Å². The van der Waals surface area contributed by atoms with Crippen LogP contribution in [0.2, 0.25) is 10.0 Å². The highest BCUT2D eigenvalue weighted by Crippen LogP contribution is 2.31. The SMILES string of the molecule is O=C(Nc1ccc(F)cc1F)C1CC(=O)N(c2ccc(Cl)c(Cl)c2)C1. The number of carbonyl (C=O) groups is 2. The summed E-state index contributed by atoms with van der Waals surface area (Å²) in [6.07, 6.45) is -0.0190. The summed E-state index contributed by atoms with van der Waals surface area (Å²) in [4.78, 5) is 25.9. The number of nitrogens with one attached hydrogen (secondary N) is 1. The minimum atomic E-state index is -0.876. The lowest BCUT2D eigenvalue weighted by atomic mass is 10.1. The van der Waals surface area contributed by atoms with E-state index in [-0.39, 0.29) is 24.6 Å². The topological polar surface area (TPSA) is 49.4 Å². The van der Waals surface area contributed by atoms with Crippen LogP contribution in [0.5, 0.6) is 0 Å². The molecule has 2 aromatic carbocycles. The van der Waals surface area contributed by atoms with Crippen LogP contribution < -0.4 is 10.2 Å². The van der Waals surface area contributed by atoms with Crippen molar-refractivity contribution < 1.29 is 18.4 Å². The normalized spacial score (nSPS) is 17.0. The van der Waals surface area contributed by atoms with Gasteiger partial charge in [-0.05, 0) is 30.3 Å². The maximum atomic E-state index is 13.6. The number of carbonyl (C=O) groups excluding carboxylic acids is 2. The molecule has 25 heavy (non-hydrogen) atoms. The Morgan fingerprint density at radius 3 is 2.56 bits per heavy atom. The van der Waals surface area contributed by atoms with Gasteiger partial charge < -0.3 is 10.2 Å². The fourth-order valence-corrected chi connectivity index (χ4v) is 2.90. The molecule has 1 saturated heterocycles. The standard InChI is InChI=1S/C17H12Cl2F2N2O2/c18-12-3-2-11(7-13(12)19)23-8-9(5-16(23)24)17(25)22-15-4-1-10(20)6-14(15)21/h1-4,6-7,9H,5,8H2,(H,22,25). The van der Waals surface area contributed by atoms with Crippen molar-refractivity contribution in [2.75, 3.05) is 16.8 Å². The molecule has 4 nitrogen and oxygen atoms in total.